The SMILES string of the molecule is NC(=O)c1ccc(NC(=O)c2cc3sccc3[nH]2)cc1. The molecule has 0 spiro atoms. The first-order valence-electron chi connectivity index (χ1n) is 5.91. The maximum Gasteiger partial charge on any atom is 0.272 e. The van der Waals surface area contributed by atoms with Crippen molar-refractivity contribution in [3.05, 3.63) is 53.0 Å². The summed E-state index contributed by atoms with van der Waals surface area (Å²) in [4.78, 5) is 26.1. The molecule has 1 aromatic carbocycles. The van der Waals surface area contributed by atoms with Gasteiger partial charge >= 0.3 is 0 Å². The lowest BCUT2D eigenvalue weighted by Gasteiger charge is -2.04. The summed E-state index contributed by atoms with van der Waals surface area (Å²) in [6.07, 6.45) is 0. The number of anilines is 1. The second kappa shape index (κ2) is 4.82. The highest BCUT2D eigenvalue weighted by molar-refractivity contribution is 7.17. The van der Waals surface area contributed by atoms with Crippen molar-refractivity contribution in [3.63, 3.8) is 0 Å². The van der Waals surface area contributed by atoms with Gasteiger partial charge in [-0.3, -0.25) is 9.59 Å². The predicted octanol–water partition coefficient (Wildman–Crippen LogP) is 2.58. The summed E-state index contributed by atoms with van der Waals surface area (Å²) in [7, 11) is 0. The second-order valence-corrected chi connectivity index (χ2v) is 5.22. The van der Waals surface area contributed by atoms with Crippen molar-refractivity contribution in [2.75, 3.05) is 5.32 Å². The minimum atomic E-state index is -0.493. The number of aromatic amines is 1. The van der Waals surface area contributed by atoms with Crippen LogP contribution in [0, 0.1) is 0 Å². The van der Waals surface area contributed by atoms with Crippen LogP contribution in [-0.4, -0.2) is 16.8 Å². The molecule has 3 rings (SSSR count). The zero-order valence-electron chi connectivity index (χ0n) is 10.3. The van der Waals surface area contributed by atoms with Crippen LogP contribution in [0.5, 0.6) is 0 Å². The molecule has 0 bridgehead atoms. The molecule has 100 valence electrons. The van der Waals surface area contributed by atoms with Gasteiger partial charge in [-0.2, -0.15) is 0 Å². The van der Waals surface area contributed by atoms with Gasteiger partial charge < -0.3 is 16.0 Å². The van der Waals surface area contributed by atoms with E-state index in [9.17, 15) is 9.59 Å². The highest BCUT2D eigenvalue weighted by Crippen LogP contribution is 2.22. The van der Waals surface area contributed by atoms with E-state index in [1.165, 1.54) is 0 Å². The van der Waals surface area contributed by atoms with Gasteiger partial charge in [-0.05, 0) is 41.8 Å². The highest BCUT2D eigenvalue weighted by Gasteiger charge is 2.10. The number of carbonyl (C=O) groups is 2. The fraction of sp³-hybridized carbons (Fsp3) is 0. The van der Waals surface area contributed by atoms with Crippen LogP contribution in [0.25, 0.3) is 10.2 Å². The zero-order valence-corrected chi connectivity index (χ0v) is 11.2. The molecule has 0 unspecified atom stereocenters. The molecular weight excluding hydrogens is 274 g/mol. The maximum atomic E-state index is 12.1. The number of amides is 2. The van der Waals surface area contributed by atoms with Crippen molar-refractivity contribution in [1.29, 1.82) is 0 Å². The fourth-order valence-corrected chi connectivity index (χ4v) is 2.67. The first-order valence-corrected chi connectivity index (χ1v) is 6.79. The molecule has 2 aromatic heterocycles. The van der Waals surface area contributed by atoms with Gasteiger partial charge in [0.05, 0.1) is 10.2 Å². The van der Waals surface area contributed by atoms with E-state index in [0.717, 1.165) is 10.2 Å². The Labute approximate surface area is 118 Å². The standard InChI is InChI=1S/C14H11N3O2S/c15-13(18)8-1-3-9(4-2-8)16-14(19)11-7-12-10(17-11)5-6-20-12/h1-7,17H,(H2,15,18)(H,16,19). The van der Waals surface area contributed by atoms with Crippen LogP contribution in [0.2, 0.25) is 0 Å². The molecule has 0 aliphatic carbocycles. The lowest BCUT2D eigenvalue weighted by atomic mass is 10.2. The predicted molar refractivity (Wildman–Crippen MR) is 79.1 cm³/mol. The molecule has 2 heterocycles. The number of carbonyl (C=O) groups excluding carboxylic acids is 2. The molecule has 0 atom stereocenters. The van der Waals surface area contributed by atoms with Gasteiger partial charge in [0, 0.05) is 11.3 Å². The van der Waals surface area contributed by atoms with Gasteiger partial charge in [0.15, 0.2) is 0 Å². The fourth-order valence-electron chi connectivity index (χ4n) is 1.89. The summed E-state index contributed by atoms with van der Waals surface area (Å²) in [5, 5.41) is 4.72. The van der Waals surface area contributed by atoms with Crippen LogP contribution < -0.4 is 11.1 Å². The van der Waals surface area contributed by atoms with Crippen LogP contribution in [0.1, 0.15) is 20.8 Å². The van der Waals surface area contributed by atoms with Gasteiger partial charge in [-0.1, -0.05) is 0 Å². The van der Waals surface area contributed by atoms with Gasteiger partial charge in [-0.25, -0.2) is 0 Å². The number of primary amides is 1. The third-order valence-corrected chi connectivity index (χ3v) is 3.78. The lowest BCUT2D eigenvalue weighted by Crippen LogP contribution is -2.13. The summed E-state index contributed by atoms with van der Waals surface area (Å²) in [6, 6.07) is 10.2. The quantitative estimate of drug-likeness (QED) is 0.690. The largest absolute Gasteiger partial charge is 0.366 e. The first kappa shape index (κ1) is 12.4. The Kier molecular flexibility index (Phi) is 3.00. The minimum absolute atomic E-state index is 0.222. The number of benzene rings is 1. The topological polar surface area (TPSA) is 88.0 Å². The smallest absolute Gasteiger partial charge is 0.272 e. The number of fused-ring (bicyclic) bond motifs is 1. The van der Waals surface area contributed by atoms with E-state index in [2.05, 4.69) is 10.3 Å². The molecule has 0 aliphatic heterocycles. The molecule has 0 aliphatic rings. The minimum Gasteiger partial charge on any atom is -0.366 e. The number of rotatable bonds is 3. The Morgan fingerprint density at radius 3 is 2.55 bits per heavy atom. The molecule has 20 heavy (non-hydrogen) atoms. The zero-order chi connectivity index (χ0) is 14.1. The summed E-state index contributed by atoms with van der Waals surface area (Å²) < 4.78 is 1.04. The molecule has 0 fully saturated rings. The number of nitrogens with two attached hydrogens (primary N) is 1. The number of thiophene rings is 1. The molecular formula is C14H11N3O2S. The van der Waals surface area contributed by atoms with Crippen LogP contribution in [-0.2, 0) is 0 Å². The van der Waals surface area contributed by atoms with Gasteiger partial charge in [0.1, 0.15) is 5.69 Å². The summed E-state index contributed by atoms with van der Waals surface area (Å²) in [5.41, 5.74) is 7.63. The Balaban J connectivity index is 1.78. The lowest BCUT2D eigenvalue weighted by molar-refractivity contribution is 0.0998. The molecule has 0 saturated carbocycles. The van der Waals surface area contributed by atoms with Crippen molar-refractivity contribution in [2.45, 2.75) is 0 Å². The summed E-state index contributed by atoms with van der Waals surface area (Å²) >= 11 is 1.57. The monoisotopic (exact) mass is 285 g/mol. The van der Waals surface area contributed by atoms with Crippen LogP contribution in [0.4, 0.5) is 5.69 Å². The Morgan fingerprint density at radius 1 is 1.15 bits per heavy atom. The molecule has 0 radical (unpaired) electrons. The number of nitrogens with one attached hydrogen (secondary N) is 2. The average Bonchev–Trinajstić information content (AvgIpc) is 2.99. The van der Waals surface area contributed by atoms with E-state index >= 15 is 0 Å². The molecule has 5 nitrogen and oxygen atoms in total. The van der Waals surface area contributed by atoms with E-state index in [-0.39, 0.29) is 5.91 Å². The third-order valence-electron chi connectivity index (χ3n) is 2.91. The molecule has 4 N–H and O–H groups in total. The molecule has 3 aromatic rings. The second-order valence-electron chi connectivity index (χ2n) is 4.28. The first-order chi connectivity index (χ1) is 9.63. The summed E-state index contributed by atoms with van der Waals surface area (Å²) in [6.45, 7) is 0. The van der Waals surface area contributed by atoms with Crippen LogP contribution in [0.3, 0.4) is 0 Å². The van der Waals surface area contributed by atoms with Crippen LogP contribution in [0.15, 0.2) is 41.8 Å². The van der Waals surface area contributed by atoms with Crippen molar-refractivity contribution < 1.29 is 9.59 Å². The van der Waals surface area contributed by atoms with Gasteiger partial charge in [0.25, 0.3) is 5.91 Å². The normalized spacial score (nSPS) is 10.6. The van der Waals surface area contributed by atoms with Crippen molar-refractivity contribution in [2.24, 2.45) is 5.73 Å². The van der Waals surface area contributed by atoms with Crippen LogP contribution >= 0.6 is 11.3 Å². The average molecular weight is 285 g/mol. The van der Waals surface area contributed by atoms with Gasteiger partial charge in [0.2, 0.25) is 5.91 Å². The van der Waals surface area contributed by atoms with Crippen molar-refractivity contribution in [1.82, 2.24) is 4.98 Å². The van der Waals surface area contributed by atoms with E-state index in [4.69, 9.17) is 5.73 Å². The Morgan fingerprint density at radius 2 is 1.90 bits per heavy atom. The van der Waals surface area contributed by atoms with Crippen molar-refractivity contribution in [3.8, 4) is 0 Å². The van der Waals surface area contributed by atoms with E-state index in [0.29, 0.717) is 16.9 Å². The number of hydrogen-bond acceptors (Lipinski definition) is 3. The highest BCUT2D eigenvalue weighted by atomic mass is 32.1. The van der Waals surface area contributed by atoms with E-state index in [1.54, 1.807) is 35.6 Å². The maximum absolute atomic E-state index is 12.1. The van der Waals surface area contributed by atoms with Crippen molar-refractivity contribution >= 4 is 39.1 Å². The molecule has 2 amide bonds. The molecule has 6 heteroatoms. The van der Waals surface area contributed by atoms with E-state index < -0.39 is 5.91 Å². The molecule has 0 saturated heterocycles. The summed E-state index contributed by atoms with van der Waals surface area (Å²) in [5.74, 6) is -0.715. The Bertz CT molecular complexity index is 758. The number of hydrogen-bond donors (Lipinski definition) is 3. The number of aromatic nitrogens is 1. The number of H-pyrrole nitrogens is 1. The Hall–Kier alpha value is -2.60. The third kappa shape index (κ3) is 2.28. The van der Waals surface area contributed by atoms with Gasteiger partial charge in [-0.15, -0.1) is 11.3 Å². The van der Waals surface area contributed by atoms with E-state index in [1.807, 2.05) is 17.5 Å².